The fraction of sp³-hybridized carbons (Fsp3) is 0.920. The zero-order valence-electron chi connectivity index (χ0n) is 103. The minimum Gasteiger partial charge on any atom is -0.460 e. The van der Waals surface area contributed by atoms with Crippen LogP contribution in [0.25, 0.3) is 0 Å². The first-order valence-corrected chi connectivity index (χ1v) is 60.3. The molecule has 20 nitrogen and oxygen atoms in total. The molecule has 16 aliphatic rings. The third-order valence-corrected chi connectivity index (χ3v) is 32.2. The summed E-state index contributed by atoms with van der Waals surface area (Å²) in [6, 6.07) is 0. The van der Waals surface area contributed by atoms with E-state index < -0.39 is 0 Å². The van der Waals surface area contributed by atoms with Crippen molar-refractivity contribution in [2.75, 3.05) is 0 Å². The maximum Gasteiger partial charge on any atom is 0.306 e. The Hall–Kier alpha value is -5.30. The predicted octanol–water partition coefficient (Wildman–Crippen LogP) is 35.0. The van der Waals surface area contributed by atoms with E-state index in [1.54, 1.807) is 13.8 Å². The van der Waals surface area contributed by atoms with Gasteiger partial charge in [0.2, 0.25) is 0 Å². The molecule has 0 heterocycles. The van der Waals surface area contributed by atoms with Gasteiger partial charge in [0.25, 0.3) is 0 Å². The number of carbonyl (C=O) groups excluding carboxylic acids is 10. The summed E-state index contributed by atoms with van der Waals surface area (Å²) in [7, 11) is 0. The molecule has 0 N–H and O–H groups in total. The van der Waals surface area contributed by atoms with Gasteiger partial charge in [0.05, 0.1) is 0 Å². The van der Waals surface area contributed by atoms with Crippen LogP contribution in [0.15, 0.2) is 0 Å². The third-order valence-electron chi connectivity index (χ3n) is 32.2. The number of hydrogen-bond donors (Lipinski definition) is 0. The van der Waals surface area contributed by atoms with Crippen LogP contribution in [-0.2, 0) is 95.3 Å². The first-order chi connectivity index (χ1) is 68.1. The molecule has 145 heavy (non-hydrogen) atoms. The molecule has 20 heteroatoms. The fourth-order valence-corrected chi connectivity index (χ4v) is 25.1. The van der Waals surface area contributed by atoms with Crippen LogP contribution in [0.2, 0.25) is 0 Å². The van der Waals surface area contributed by atoms with Crippen molar-refractivity contribution < 1.29 is 95.3 Å². The highest BCUT2D eigenvalue weighted by molar-refractivity contribution is 5.73. The number of hydrogen-bond acceptors (Lipinski definition) is 20. The normalized spacial score (nSPS) is 26.9. The molecule has 0 aromatic heterocycles. The van der Waals surface area contributed by atoms with Crippen molar-refractivity contribution >= 4 is 59.7 Å². The number of esters is 10. The second-order valence-corrected chi connectivity index (χ2v) is 47.0. The average Bonchev–Trinajstić information content (AvgIpc) is 1.05. The Kier molecular flexibility index (Phi) is 71.7. The van der Waals surface area contributed by atoms with E-state index in [4.69, 9.17) is 47.4 Å². The van der Waals surface area contributed by atoms with Crippen LogP contribution in [0, 0.1) is 88.3 Å². The highest BCUT2D eigenvalue weighted by Gasteiger charge is 2.60. The Morgan fingerprint density at radius 1 is 0.241 bits per heavy atom. The zero-order chi connectivity index (χ0) is 112. The molecule has 0 amide bonds. The fourth-order valence-electron chi connectivity index (χ4n) is 25.1. The van der Waals surface area contributed by atoms with Crippen molar-refractivity contribution in [1.29, 1.82) is 0 Å². The van der Waals surface area contributed by atoms with Crippen molar-refractivity contribution in [3.05, 3.63) is 0 Å². The first-order valence-electron chi connectivity index (χ1n) is 60.3. The summed E-state index contributed by atoms with van der Waals surface area (Å²) < 4.78 is 54.4. The van der Waals surface area contributed by atoms with Crippen LogP contribution >= 0.6 is 0 Å². The zero-order valence-corrected chi connectivity index (χ0v) is 103. The van der Waals surface area contributed by atoms with Gasteiger partial charge in [-0.15, -0.1) is 0 Å². The Bertz CT molecular complexity index is 3370. The summed E-state index contributed by atoms with van der Waals surface area (Å²) in [6.07, 6.45) is 53.1. The monoisotopic (exact) mass is 2060 g/mol. The van der Waals surface area contributed by atoms with E-state index in [9.17, 15) is 47.9 Å². The van der Waals surface area contributed by atoms with Crippen molar-refractivity contribution in [3.8, 4) is 0 Å². The second kappa shape index (κ2) is 72.3. The van der Waals surface area contributed by atoms with E-state index in [0.717, 1.165) is 79.4 Å². The summed E-state index contributed by atoms with van der Waals surface area (Å²) >= 11 is 0. The molecule has 0 aromatic carbocycles. The molecule has 0 aliphatic heterocycles. The summed E-state index contributed by atoms with van der Waals surface area (Å²) in [4.78, 5) is 112. The Morgan fingerprint density at radius 3 is 0.800 bits per heavy atom. The lowest BCUT2D eigenvalue weighted by molar-refractivity contribution is -0.203. The van der Waals surface area contributed by atoms with E-state index in [2.05, 4.69) is 76.2 Å². The summed E-state index contributed by atoms with van der Waals surface area (Å²) in [6.45, 7) is 82.7. The minimum atomic E-state index is -0.326. The molecule has 16 fully saturated rings. The molecule has 16 aliphatic carbocycles. The molecular formula is C125H236O20. The van der Waals surface area contributed by atoms with E-state index in [0.29, 0.717) is 99.7 Å². The van der Waals surface area contributed by atoms with Crippen molar-refractivity contribution in [3.63, 3.8) is 0 Å². The van der Waals surface area contributed by atoms with Crippen molar-refractivity contribution in [1.82, 2.24) is 0 Å². The highest BCUT2D eigenvalue weighted by atomic mass is 16.6. The second-order valence-electron chi connectivity index (χ2n) is 47.0. The van der Waals surface area contributed by atoms with Gasteiger partial charge in [0.1, 0.15) is 56.0 Å². The van der Waals surface area contributed by atoms with Gasteiger partial charge in [0.15, 0.2) is 0 Å². The molecule has 0 saturated heterocycles. The van der Waals surface area contributed by atoms with E-state index in [1.807, 2.05) is 201 Å². The van der Waals surface area contributed by atoms with Crippen LogP contribution in [0.5, 0.6) is 0 Å². The predicted molar refractivity (Wildman–Crippen MR) is 599 cm³/mol. The molecule has 0 radical (unpaired) electrons. The summed E-state index contributed by atoms with van der Waals surface area (Å²) in [5.41, 5.74) is -1.91. The lowest BCUT2D eigenvalue weighted by Crippen LogP contribution is -2.57. The van der Waals surface area contributed by atoms with Gasteiger partial charge in [-0.1, -0.05) is 218 Å². The summed E-state index contributed by atoms with van der Waals surface area (Å²) in [5.74, 6) is 10.2. The van der Waals surface area contributed by atoms with Gasteiger partial charge in [-0.05, 0) is 394 Å². The standard InChI is InChI=1S/C16H26O2.C14H22O2.C13H22O2.2C12H22O2.C11H18O2.C10H18O2.C9H16O2.2C7H14O2.7C2H6/c1-4-14(17)18-15(2,3)16-8-11-5-12(9-16)7-13(6-11)10-16;1-3-13(15)16-14(2)11-5-9-4-10(7-11)8-12(14)6-9;1-4-12(14)15-13(2,3)11-8-9-5-6-10(11)7-9;2*1-4-11(13)14-12(2,3)10-8-6-5-7-9-10;1-3-10(12)13-11(2)7-8-4-5-9(11)6-8;1-3-9(11)12-10(2)7-5-4-6-8-10;1-3-8(10)11-9(2)6-4-5-7-9;2*1-5-6(8)9-7(2,3)4;7*1-2/h11-13H,4-10H2,1-3H3;9-12H,3-8H2,1-2H3;9-11H,4-8H2,1-3H3;2*10H,4-9H2,1-3H3;8-9H,3-7H2,1-2H3;3-8H2,1-2H3;3-7H2,1-2H3;2*5H2,1-4H3;7*1-2H3. The maximum absolute atomic E-state index is 11.7. The molecular weight excluding hydrogens is 1820 g/mol. The Morgan fingerprint density at radius 2 is 0.517 bits per heavy atom. The molecule has 0 spiro atoms. The maximum atomic E-state index is 11.7. The topological polar surface area (TPSA) is 263 Å². The van der Waals surface area contributed by atoms with E-state index >= 15 is 0 Å². The molecule has 6 atom stereocenters. The Labute approximate surface area is 893 Å². The minimum absolute atomic E-state index is 0.00465. The van der Waals surface area contributed by atoms with Crippen LogP contribution in [0.1, 0.15) is 599 Å². The van der Waals surface area contributed by atoms with Gasteiger partial charge in [-0.25, -0.2) is 0 Å². The Balaban J connectivity index is -0.00000153. The van der Waals surface area contributed by atoms with Crippen molar-refractivity contribution in [2.45, 2.75) is 655 Å². The number of carbonyl (C=O) groups is 10. The van der Waals surface area contributed by atoms with E-state index in [1.165, 1.54) is 212 Å². The van der Waals surface area contributed by atoms with Crippen molar-refractivity contribution in [2.24, 2.45) is 88.3 Å². The number of fused-ring (bicyclic) bond motifs is 4. The number of ether oxygens (including phenoxy) is 10. The molecule has 16 rings (SSSR count). The quantitative estimate of drug-likeness (QED) is 0.0720. The first kappa shape index (κ1) is 144. The largest absolute Gasteiger partial charge is 0.460 e. The third kappa shape index (κ3) is 52.3. The molecule has 12 bridgehead atoms. The van der Waals surface area contributed by atoms with E-state index in [-0.39, 0.29) is 121 Å². The average molecular weight is 2060 g/mol. The highest BCUT2D eigenvalue weighted by Crippen LogP contribution is 2.65. The SMILES string of the molecule is CC.CC.CC.CC.CC.CC.CC.CCC(=O)OC(C)(C)C.CCC(=O)OC(C)(C)C.CCC(=O)OC(C)(C)C12CC3CC(CC(C3)C1)C2.CCC(=O)OC(C)(C)C1CC2CCC1C2.CCC(=O)OC(C)(C)C1CCCCC1.CCC(=O)OC(C)(C)C1CCCCC1.CCC(=O)OC1(C)C2CC3CC(C2)CC1C3.CCC(=O)OC1(C)CC2CCC1C2.CCC(=O)OC1(C)CCCC1.CCC(=O)OC1(C)CCCCC1. The van der Waals surface area contributed by atoms with Crippen LogP contribution in [0.3, 0.4) is 0 Å². The smallest absolute Gasteiger partial charge is 0.306 e. The molecule has 856 valence electrons. The molecule has 16 saturated carbocycles. The van der Waals surface area contributed by atoms with Gasteiger partial charge in [-0.2, -0.15) is 0 Å². The molecule has 0 aromatic rings. The lowest BCUT2D eigenvalue weighted by atomic mass is 9.46. The van der Waals surface area contributed by atoms with Crippen LogP contribution < -0.4 is 0 Å². The molecule has 6 unspecified atom stereocenters. The lowest BCUT2D eigenvalue weighted by Gasteiger charge is -2.61. The summed E-state index contributed by atoms with van der Waals surface area (Å²) in [5, 5.41) is 0. The van der Waals surface area contributed by atoms with Gasteiger partial charge >= 0.3 is 59.7 Å². The van der Waals surface area contributed by atoms with Gasteiger partial charge in [0, 0.05) is 75.5 Å². The van der Waals surface area contributed by atoms with Crippen LogP contribution in [-0.4, -0.2) is 116 Å². The number of rotatable bonds is 22. The van der Waals surface area contributed by atoms with Gasteiger partial charge < -0.3 is 47.4 Å². The van der Waals surface area contributed by atoms with Crippen LogP contribution in [0.4, 0.5) is 0 Å². The van der Waals surface area contributed by atoms with Gasteiger partial charge in [-0.3, -0.25) is 47.9 Å².